The van der Waals surface area contributed by atoms with Gasteiger partial charge in [0.25, 0.3) is 10.0 Å². The van der Waals surface area contributed by atoms with Crippen LogP contribution in [-0.2, 0) is 16.6 Å². The Labute approximate surface area is 178 Å². The fourth-order valence-corrected chi connectivity index (χ4v) is 5.35. The summed E-state index contributed by atoms with van der Waals surface area (Å²) in [5.41, 5.74) is 0. The van der Waals surface area contributed by atoms with E-state index >= 15 is 0 Å². The standard InChI is InChI=1S/C19H30N8O2S/c1-4-24-14-19(22-16(24)2)30(28,29)27-11-9-26(10-12-27)18-13-17(20-15-21-18)25-7-5-23(3)6-8-25/h13-15H,4-12H2,1-3H3. The SMILES string of the molecule is CCn1cc(S(=O)(=O)N2CCN(c3cc(N4CCN(C)CC4)ncn3)CC2)nc1C. The van der Waals surface area contributed by atoms with E-state index in [0.29, 0.717) is 38.5 Å². The highest BCUT2D eigenvalue weighted by Crippen LogP contribution is 2.22. The van der Waals surface area contributed by atoms with E-state index in [1.165, 1.54) is 4.31 Å². The Hall–Kier alpha value is -2.24. The molecule has 11 heteroatoms. The molecule has 2 fully saturated rings. The molecular formula is C19H30N8O2S. The minimum Gasteiger partial charge on any atom is -0.354 e. The van der Waals surface area contributed by atoms with Gasteiger partial charge in [-0.15, -0.1) is 0 Å². The van der Waals surface area contributed by atoms with E-state index in [-0.39, 0.29) is 5.03 Å². The van der Waals surface area contributed by atoms with Gasteiger partial charge >= 0.3 is 0 Å². The average Bonchev–Trinajstić information content (AvgIpc) is 3.16. The molecule has 2 aromatic heterocycles. The minimum atomic E-state index is -3.58. The van der Waals surface area contributed by atoms with Crippen molar-refractivity contribution in [2.45, 2.75) is 25.4 Å². The van der Waals surface area contributed by atoms with Crippen molar-refractivity contribution in [3.05, 3.63) is 24.4 Å². The third kappa shape index (κ3) is 4.14. The Morgan fingerprint density at radius 2 is 1.50 bits per heavy atom. The summed E-state index contributed by atoms with van der Waals surface area (Å²) in [6.45, 7) is 10.4. The van der Waals surface area contributed by atoms with E-state index in [2.05, 4.69) is 36.7 Å². The number of imidazole rings is 1. The molecule has 2 aliphatic heterocycles. The smallest absolute Gasteiger partial charge is 0.262 e. The molecule has 0 amide bonds. The summed E-state index contributed by atoms with van der Waals surface area (Å²) in [5.74, 6) is 2.50. The molecule has 0 N–H and O–H groups in total. The number of hydrogen-bond acceptors (Lipinski definition) is 8. The number of nitrogens with zero attached hydrogens (tertiary/aromatic N) is 8. The Kier molecular flexibility index (Phi) is 5.94. The van der Waals surface area contributed by atoms with Crippen molar-refractivity contribution in [2.24, 2.45) is 0 Å². The number of likely N-dealkylation sites (N-methyl/N-ethyl adjacent to an activating group) is 1. The second-order valence-electron chi connectivity index (χ2n) is 7.83. The van der Waals surface area contributed by atoms with Crippen LogP contribution in [0.15, 0.2) is 23.6 Å². The van der Waals surface area contributed by atoms with Gasteiger partial charge in [0.15, 0.2) is 5.03 Å². The number of aromatic nitrogens is 4. The van der Waals surface area contributed by atoms with Crippen LogP contribution < -0.4 is 9.80 Å². The minimum absolute atomic E-state index is 0.134. The van der Waals surface area contributed by atoms with Crippen LogP contribution in [0.25, 0.3) is 0 Å². The fraction of sp³-hybridized carbons (Fsp3) is 0.632. The summed E-state index contributed by atoms with van der Waals surface area (Å²) in [7, 11) is -1.45. The van der Waals surface area contributed by atoms with E-state index < -0.39 is 10.0 Å². The molecule has 4 heterocycles. The molecule has 0 spiro atoms. The first-order valence-corrected chi connectivity index (χ1v) is 11.9. The van der Waals surface area contributed by atoms with Crippen LogP contribution in [0.5, 0.6) is 0 Å². The van der Waals surface area contributed by atoms with Crippen molar-refractivity contribution in [2.75, 3.05) is 69.2 Å². The lowest BCUT2D eigenvalue weighted by Crippen LogP contribution is -2.49. The molecule has 0 atom stereocenters. The molecule has 4 rings (SSSR count). The van der Waals surface area contributed by atoms with E-state index in [1.807, 2.05) is 24.5 Å². The maximum atomic E-state index is 13.0. The fourth-order valence-electron chi connectivity index (χ4n) is 3.93. The zero-order chi connectivity index (χ0) is 21.3. The van der Waals surface area contributed by atoms with E-state index in [4.69, 9.17) is 0 Å². The highest BCUT2D eigenvalue weighted by Gasteiger charge is 2.31. The van der Waals surface area contributed by atoms with Crippen LogP contribution in [0.3, 0.4) is 0 Å². The lowest BCUT2D eigenvalue weighted by atomic mass is 10.3. The topological polar surface area (TPSA) is 90.7 Å². The van der Waals surface area contributed by atoms with Gasteiger partial charge in [-0.25, -0.2) is 23.4 Å². The molecule has 164 valence electrons. The first-order valence-electron chi connectivity index (χ1n) is 10.4. The lowest BCUT2D eigenvalue weighted by molar-refractivity contribution is 0.312. The van der Waals surface area contributed by atoms with Crippen LogP contribution in [0, 0.1) is 6.92 Å². The second kappa shape index (κ2) is 8.48. The number of sulfonamides is 1. The lowest BCUT2D eigenvalue weighted by Gasteiger charge is -2.35. The molecule has 30 heavy (non-hydrogen) atoms. The van der Waals surface area contributed by atoms with Gasteiger partial charge < -0.3 is 19.3 Å². The van der Waals surface area contributed by atoms with Crippen LogP contribution in [-0.4, -0.2) is 96.5 Å². The second-order valence-corrected chi connectivity index (χ2v) is 9.71. The summed E-state index contributed by atoms with van der Waals surface area (Å²) < 4.78 is 29.4. The Balaban J connectivity index is 1.42. The molecule has 0 unspecified atom stereocenters. The van der Waals surface area contributed by atoms with Crippen LogP contribution in [0.1, 0.15) is 12.7 Å². The number of hydrogen-bond donors (Lipinski definition) is 0. The first kappa shape index (κ1) is 21.0. The largest absolute Gasteiger partial charge is 0.354 e. The normalized spacial score (nSPS) is 19.4. The third-order valence-electron chi connectivity index (χ3n) is 5.93. The molecule has 0 saturated carbocycles. The van der Waals surface area contributed by atoms with Gasteiger partial charge in [-0.2, -0.15) is 4.31 Å². The monoisotopic (exact) mass is 434 g/mol. The summed E-state index contributed by atoms with van der Waals surface area (Å²) in [6.07, 6.45) is 3.23. The Bertz CT molecular complexity index is 976. The highest BCUT2D eigenvalue weighted by atomic mass is 32.2. The maximum Gasteiger partial charge on any atom is 0.262 e. The van der Waals surface area contributed by atoms with Gasteiger partial charge in [0.05, 0.1) is 0 Å². The number of piperazine rings is 2. The van der Waals surface area contributed by atoms with Gasteiger partial charge in [-0.1, -0.05) is 0 Å². The van der Waals surface area contributed by atoms with E-state index in [1.54, 1.807) is 12.5 Å². The van der Waals surface area contributed by atoms with Gasteiger partial charge in [0, 0.05) is 71.2 Å². The third-order valence-corrected chi connectivity index (χ3v) is 7.70. The zero-order valence-electron chi connectivity index (χ0n) is 17.9. The molecule has 0 aromatic carbocycles. The highest BCUT2D eigenvalue weighted by molar-refractivity contribution is 7.89. The number of aryl methyl sites for hydroxylation is 2. The van der Waals surface area contributed by atoms with Gasteiger partial charge in [-0.05, 0) is 20.9 Å². The molecule has 0 radical (unpaired) electrons. The van der Waals surface area contributed by atoms with Crippen LogP contribution in [0.2, 0.25) is 0 Å². The molecule has 2 saturated heterocycles. The Morgan fingerprint density at radius 3 is 2.03 bits per heavy atom. The molecule has 0 aliphatic carbocycles. The summed E-state index contributed by atoms with van der Waals surface area (Å²) in [4.78, 5) is 19.9. The van der Waals surface area contributed by atoms with Gasteiger partial charge in [0.2, 0.25) is 0 Å². The van der Waals surface area contributed by atoms with Gasteiger partial charge in [0.1, 0.15) is 23.8 Å². The number of anilines is 2. The van der Waals surface area contributed by atoms with E-state index in [0.717, 1.165) is 37.8 Å². The predicted molar refractivity (Wildman–Crippen MR) is 115 cm³/mol. The van der Waals surface area contributed by atoms with Crippen LogP contribution in [0.4, 0.5) is 11.6 Å². The van der Waals surface area contributed by atoms with Crippen molar-refractivity contribution in [3.8, 4) is 0 Å². The summed E-state index contributed by atoms with van der Waals surface area (Å²) in [6, 6.07) is 2.02. The van der Waals surface area contributed by atoms with Gasteiger partial charge in [-0.3, -0.25) is 0 Å². The first-order chi connectivity index (χ1) is 14.4. The average molecular weight is 435 g/mol. The van der Waals surface area contributed by atoms with Crippen LogP contribution >= 0.6 is 0 Å². The van der Waals surface area contributed by atoms with Crippen molar-refractivity contribution < 1.29 is 8.42 Å². The summed E-state index contributed by atoms with van der Waals surface area (Å²) in [5, 5.41) is 0.134. The molecule has 2 aliphatic rings. The molecule has 10 nitrogen and oxygen atoms in total. The molecule has 0 bridgehead atoms. The molecular weight excluding hydrogens is 404 g/mol. The quantitative estimate of drug-likeness (QED) is 0.662. The molecule has 2 aromatic rings. The Morgan fingerprint density at radius 1 is 0.933 bits per heavy atom. The van der Waals surface area contributed by atoms with Crippen molar-refractivity contribution in [1.82, 2.24) is 28.7 Å². The number of rotatable bonds is 5. The van der Waals surface area contributed by atoms with Crippen molar-refractivity contribution in [1.29, 1.82) is 0 Å². The maximum absolute atomic E-state index is 13.0. The zero-order valence-corrected chi connectivity index (χ0v) is 18.7. The van der Waals surface area contributed by atoms with Crippen molar-refractivity contribution >= 4 is 21.7 Å². The van der Waals surface area contributed by atoms with E-state index in [9.17, 15) is 8.42 Å². The predicted octanol–water partition coefficient (Wildman–Crippen LogP) is 0.264. The summed E-state index contributed by atoms with van der Waals surface area (Å²) >= 11 is 0. The van der Waals surface area contributed by atoms with Crippen molar-refractivity contribution in [3.63, 3.8) is 0 Å².